The van der Waals surface area contributed by atoms with Gasteiger partial charge in [-0.1, -0.05) is 0 Å². The van der Waals surface area contributed by atoms with E-state index >= 15 is 0 Å². The molecule has 1 rings (SSSR count). The lowest BCUT2D eigenvalue weighted by atomic mass is 10.00. The lowest BCUT2D eigenvalue weighted by molar-refractivity contribution is -0.386. The zero-order chi connectivity index (χ0) is 15.8. The van der Waals surface area contributed by atoms with Crippen LogP contribution in [0.4, 0.5) is 11.4 Å². The molecule has 0 aliphatic heterocycles. The smallest absolute Gasteiger partial charge is 0.278 e. The van der Waals surface area contributed by atoms with Gasteiger partial charge in [0.2, 0.25) is 0 Å². The molecule has 118 valence electrons. The van der Waals surface area contributed by atoms with Gasteiger partial charge in [-0.15, -0.1) is 0 Å². The molecule has 0 heterocycles. The van der Waals surface area contributed by atoms with Crippen molar-refractivity contribution >= 4 is 23.4 Å². The van der Waals surface area contributed by atoms with Crippen molar-refractivity contribution in [3.05, 3.63) is 27.3 Å². The first-order chi connectivity index (χ1) is 10.1. The van der Waals surface area contributed by atoms with Gasteiger partial charge >= 0.3 is 0 Å². The standard InChI is InChI=1S/C12H18N2O6S/c13-11-9(2-4-16)12(14(18)19)8(1-3-15)7-10(11)20-21-6-5-17/h7,15-17H,1-6,13H2. The molecule has 0 saturated heterocycles. The molecule has 0 aromatic heterocycles. The Balaban J connectivity index is 3.30. The molecule has 0 unspecified atom stereocenters. The first-order valence-corrected chi connectivity index (χ1v) is 7.18. The average molecular weight is 318 g/mol. The first kappa shape index (κ1) is 17.5. The van der Waals surface area contributed by atoms with Crippen molar-refractivity contribution in [1.82, 2.24) is 0 Å². The van der Waals surface area contributed by atoms with Gasteiger partial charge < -0.3 is 25.2 Å². The number of nitrogen functional groups attached to an aromatic ring is 1. The molecule has 0 atom stereocenters. The maximum Gasteiger partial charge on any atom is 0.278 e. The summed E-state index contributed by atoms with van der Waals surface area (Å²) in [5.74, 6) is 0.548. The number of aliphatic hydroxyl groups is 3. The maximum absolute atomic E-state index is 11.2. The van der Waals surface area contributed by atoms with Gasteiger partial charge in [-0.05, 0) is 6.07 Å². The van der Waals surface area contributed by atoms with Crippen LogP contribution in [0.2, 0.25) is 0 Å². The third kappa shape index (κ3) is 4.46. The van der Waals surface area contributed by atoms with Crippen LogP contribution in [0.3, 0.4) is 0 Å². The van der Waals surface area contributed by atoms with Crippen molar-refractivity contribution in [2.45, 2.75) is 12.8 Å². The van der Waals surface area contributed by atoms with Gasteiger partial charge in [0.05, 0.1) is 40.6 Å². The van der Waals surface area contributed by atoms with Gasteiger partial charge in [-0.3, -0.25) is 10.1 Å². The Hall–Kier alpha value is -1.55. The van der Waals surface area contributed by atoms with Gasteiger partial charge in [-0.25, -0.2) is 0 Å². The normalized spacial score (nSPS) is 10.6. The fourth-order valence-corrected chi connectivity index (χ4v) is 2.31. The van der Waals surface area contributed by atoms with E-state index in [9.17, 15) is 10.1 Å². The summed E-state index contributed by atoms with van der Waals surface area (Å²) in [6.45, 7) is -0.631. The minimum Gasteiger partial charge on any atom is -0.424 e. The van der Waals surface area contributed by atoms with Crippen LogP contribution in [0.5, 0.6) is 5.75 Å². The fourth-order valence-electron chi connectivity index (χ4n) is 1.89. The number of nitrogens with zero attached hydrogens (tertiary/aromatic N) is 1. The highest BCUT2D eigenvalue weighted by Crippen LogP contribution is 2.38. The van der Waals surface area contributed by atoms with Gasteiger partial charge in [0.25, 0.3) is 5.69 Å². The fraction of sp³-hybridized carbons (Fsp3) is 0.500. The summed E-state index contributed by atoms with van der Waals surface area (Å²) in [6.07, 6.45) is 0.0957. The quantitative estimate of drug-likeness (QED) is 0.167. The number of aliphatic hydroxyl groups excluding tert-OH is 3. The number of anilines is 1. The second-order valence-corrected chi connectivity index (χ2v) is 4.92. The van der Waals surface area contributed by atoms with Crippen LogP contribution in [0.25, 0.3) is 0 Å². The second-order valence-electron chi connectivity index (χ2n) is 4.11. The zero-order valence-electron chi connectivity index (χ0n) is 11.3. The van der Waals surface area contributed by atoms with Crippen molar-refractivity contribution in [3.63, 3.8) is 0 Å². The summed E-state index contributed by atoms with van der Waals surface area (Å²) in [5, 5.41) is 38.1. The van der Waals surface area contributed by atoms with E-state index in [0.29, 0.717) is 11.3 Å². The minimum absolute atomic E-state index is 0.0163. The summed E-state index contributed by atoms with van der Waals surface area (Å²) in [4.78, 5) is 10.7. The van der Waals surface area contributed by atoms with E-state index in [4.69, 9.17) is 25.2 Å². The third-order valence-electron chi connectivity index (χ3n) is 2.73. The molecule has 0 aliphatic carbocycles. The van der Waals surface area contributed by atoms with Gasteiger partial charge in [0, 0.05) is 31.6 Å². The molecule has 0 aliphatic rings. The topological polar surface area (TPSA) is 139 Å². The number of hydrogen-bond donors (Lipinski definition) is 4. The second kappa shape index (κ2) is 8.67. The largest absolute Gasteiger partial charge is 0.424 e. The molecular weight excluding hydrogens is 300 g/mol. The third-order valence-corrected chi connectivity index (χ3v) is 3.38. The lowest BCUT2D eigenvalue weighted by Crippen LogP contribution is -2.09. The molecule has 0 radical (unpaired) electrons. The molecule has 5 N–H and O–H groups in total. The molecule has 0 bridgehead atoms. The van der Waals surface area contributed by atoms with Gasteiger partial charge in [0.1, 0.15) is 0 Å². The van der Waals surface area contributed by atoms with Crippen molar-refractivity contribution in [1.29, 1.82) is 0 Å². The van der Waals surface area contributed by atoms with Crippen molar-refractivity contribution in [2.24, 2.45) is 0 Å². The van der Waals surface area contributed by atoms with E-state index in [1.54, 1.807) is 0 Å². The Morgan fingerprint density at radius 3 is 2.43 bits per heavy atom. The molecule has 21 heavy (non-hydrogen) atoms. The van der Waals surface area contributed by atoms with E-state index in [0.717, 1.165) is 12.0 Å². The predicted molar refractivity (Wildman–Crippen MR) is 79.3 cm³/mol. The number of nitrogens with two attached hydrogens (primary N) is 1. The van der Waals surface area contributed by atoms with Crippen LogP contribution >= 0.6 is 12.0 Å². The zero-order valence-corrected chi connectivity index (χ0v) is 12.1. The molecular formula is C12H18N2O6S. The van der Waals surface area contributed by atoms with E-state index in [1.807, 2.05) is 0 Å². The highest BCUT2D eigenvalue weighted by molar-refractivity contribution is 7.95. The maximum atomic E-state index is 11.2. The molecule has 0 fully saturated rings. The number of benzene rings is 1. The van der Waals surface area contributed by atoms with Crippen molar-refractivity contribution in [3.8, 4) is 5.75 Å². The molecule has 1 aromatic rings. The Labute approximate surface area is 125 Å². The average Bonchev–Trinajstić information content (AvgIpc) is 2.44. The molecule has 1 aromatic carbocycles. The molecule has 8 nitrogen and oxygen atoms in total. The van der Waals surface area contributed by atoms with Crippen LogP contribution in [-0.2, 0) is 12.8 Å². The predicted octanol–water partition coefficient (Wildman–Crippen LogP) is 0.266. The minimum atomic E-state index is -0.572. The molecule has 0 saturated carbocycles. The summed E-state index contributed by atoms with van der Waals surface area (Å²) in [7, 11) is 0. The number of rotatable bonds is 9. The van der Waals surface area contributed by atoms with E-state index in [2.05, 4.69) is 0 Å². The van der Waals surface area contributed by atoms with Crippen LogP contribution in [0, 0.1) is 10.1 Å². The Morgan fingerprint density at radius 2 is 1.90 bits per heavy atom. The Morgan fingerprint density at radius 1 is 1.24 bits per heavy atom. The Kier molecular flexibility index (Phi) is 7.23. The summed E-state index contributed by atoms with van der Waals surface area (Å²) in [6, 6.07) is 1.41. The van der Waals surface area contributed by atoms with Crippen molar-refractivity contribution in [2.75, 3.05) is 31.3 Å². The number of hydrogen-bond acceptors (Lipinski definition) is 8. The molecule has 0 spiro atoms. The van der Waals surface area contributed by atoms with E-state index < -0.39 is 4.92 Å². The number of nitro benzene ring substituents is 1. The van der Waals surface area contributed by atoms with Crippen LogP contribution in [-0.4, -0.2) is 45.8 Å². The van der Waals surface area contributed by atoms with Gasteiger partial charge in [-0.2, -0.15) is 0 Å². The monoisotopic (exact) mass is 318 g/mol. The lowest BCUT2D eigenvalue weighted by Gasteiger charge is -2.14. The van der Waals surface area contributed by atoms with Gasteiger partial charge in [0.15, 0.2) is 5.75 Å². The first-order valence-electron chi connectivity index (χ1n) is 6.27. The van der Waals surface area contributed by atoms with Crippen LogP contribution in [0.15, 0.2) is 6.07 Å². The Bertz CT molecular complexity index is 497. The summed E-state index contributed by atoms with van der Waals surface area (Å²) in [5.41, 5.74) is 6.24. The van der Waals surface area contributed by atoms with E-state index in [1.165, 1.54) is 6.07 Å². The van der Waals surface area contributed by atoms with E-state index in [-0.39, 0.29) is 55.4 Å². The summed E-state index contributed by atoms with van der Waals surface area (Å²) < 4.78 is 5.33. The summed E-state index contributed by atoms with van der Waals surface area (Å²) >= 11 is 0.963. The SMILES string of the molecule is Nc1c(OSCCO)cc(CCO)c([N+](=O)[O-])c1CCO. The van der Waals surface area contributed by atoms with Crippen LogP contribution < -0.4 is 9.92 Å². The van der Waals surface area contributed by atoms with Crippen molar-refractivity contribution < 1.29 is 24.4 Å². The highest BCUT2D eigenvalue weighted by Gasteiger charge is 2.25. The molecule has 0 amide bonds. The molecule has 9 heteroatoms. The number of nitro groups is 1. The highest BCUT2D eigenvalue weighted by atomic mass is 32.2. The van der Waals surface area contributed by atoms with Crippen LogP contribution in [0.1, 0.15) is 11.1 Å².